The van der Waals surface area contributed by atoms with E-state index in [0.29, 0.717) is 29.4 Å². The highest BCUT2D eigenvalue weighted by Crippen LogP contribution is 2.37. The predicted molar refractivity (Wildman–Crippen MR) is 93.2 cm³/mol. The van der Waals surface area contributed by atoms with E-state index in [1.54, 1.807) is 6.07 Å². The van der Waals surface area contributed by atoms with Gasteiger partial charge in [0.1, 0.15) is 0 Å². The molecule has 0 amide bonds. The number of esters is 1. The number of halogens is 1. The molecule has 25 heavy (non-hydrogen) atoms. The first-order chi connectivity index (χ1) is 12.2. The molecule has 0 saturated heterocycles. The number of methoxy groups -OCH3 is 1. The van der Waals surface area contributed by atoms with Gasteiger partial charge in [-0.1, -0.05) is 23.7 Å². The van der Waals surface area contributed by atoms with E-state index < -0.39 is 0 Å². The van der Waals surface area contributed by atoms with E-state index in [4.69, 9.17) is 25.8 Å². The van der Waals surface area contributed by atoms with Crippen LogP contribution in [0.15, 0.2) is 30.3 Å². The quantitative estimate of drug-likeness (QED) is 0.786. The maximum atomic E-state index is 12.0. The van der Waals surface area contributed by atoms with Crippen LogP contribution >= 0.6 is 11.6 Å². The minimum atomic E-state index is -0.292. The van der Waals surface area contributed by atoms with Crippen LogP contribution in [-0.2, 0) is 24.2 Å². The van der Waals surface area contributed by atoms with Crippen molar-refractivity contribution in [1.29, 1.82) is 0 Å². The van der Waals surface area contributed by atoms with Gasteiger partial charge in [-0.15, -0.1) is 0 Å². The molecule has 2 aromatic carbocycles. The fraction of sp³-hybridized carbons (Fsp3) is 0.316. The molecule has 6 heteroatoms. The molecule has 0 aromatic heterocycles. The standard InChI is InChI=1S/C19H18ClNO4/c1-23-19(22)14-4-2-3-12-5-6-21(10-15(12)14)9-13-7-17-18(8-16(13)20)25-11-24-17/h2-4,7-8H,5-6,9-11H2,1H3. The monoisotopic (exact) mass is 359 g/mol. The zero-order valence-electron chi connectivity index (χ0n) is 13.9. The van der Waals surface area contributed by atoms with Crippen LogP contribution in [0.2, 0.25) is 5.02 Å². The zero-order chi connectivity index (χ0) is 17.4. The van der Waals surface area contributed by atoms with E-state index in [2.05, 4.69) is 11.0 Å². The largest absolute Gasteiger partial charge is 0.465 e. The summed E-state index contributed by atoms with van der Waals surface area (Å²) in [6.07, 6.45) is 0.891. The summed E-state index contributed by atoms with van der Waals surface area (Å²) in [6.45, 7) is 2.51. The SMILES string of the molecule is COC(=O)c1cccc2c1CN(Cc1cc3c(cc1Cl)OCO3)CC2. The van der Waals surface area contributed by atoms with Crippen molar-refractivity contribution >= 4 is 17.6 Å². The molecule has 0 radical (unpaired) electrons. The Morgan fingerprint density at radius 2 is 2.08 bits per heavy atom. The first-order valence-corrected chi connectivity index (χ1v) is 8.53. The Labute approximate surface area is 151 Å². The summed E-state index contributed by atoms with van der Waals surface area (Å²) < 4.78 is 15.7. The molecule has 0 atom stereocenters. The van der Waals surface area contributed by atoms with Gasteiger partial charge in [-0.3, -0.25) is 4.90 Å². The van der Waals surface area contributed by atoms with Gasteiger partial charge in [0.25, 0.3) is 0 Å². The van der Waals surface area contributed by atoms with Crippen molar-refractivity contribution in [2.75, 3.05) is 20.4 Å². The number of fused-ring (bicyclic) bond motifs is 2. The van der Waals surface area contributed by atoms with Crippen LogP contribution in [0.4, 0.5) is 0 Å². The van der Waals surface area contributed by atoms with Crippen molar-refractivity contribution < 1.29 is 19.0 Å². The average Bonchev–Trinajstić information content (AvgIpc) is 3.08. The van der Waals surface area contributed by atoms with E-state index in [1.807, 2.05) is 18.2 Å². The van der Waals surface area contributed by atoms with Crippen LogP contribution < -0.4 is 9.47 Å². The molecule has 4 rings (SSSR count). The molecular formula is C19H18ClNO4. The van der Waals surface area contributed by atoms with Gasteiger partial charge in [0.2, 0.25) is 6.79 Å². The first-order valence-electron chi connectivity index (χ1n) is 8.15. The third-order valence-electron chi connectivity index (χ3n) is 4.69. The van der Waals surface area contributed by atoms with Crippen LogP contribution in [0, 0.1) is 0 Å². The van der Waals surface area contributed by atoms with Crippen LogP contribution in [0.25, 0.3) is 0 Å². The molecule has 5 nitrogen and oxygen atoms in total. The molecule has 0 bridgehead atoms. The maximum Gasteiger partial charge on any atom is 0.338 e. The molecule has 2 aliphatic rings. The Kier molecular flexibility index (Phi) is 4.27. The highest BCUT2D eigenvalue weighted by atomic mass is 35.5. The Hall–Kier alpha value is -2.24. The lowest BCUT2D eigenvalue weighted by Gasteiger charge is -2.30. The van der Waals surface area contributed by atoms with Crippen LogP contribution in [0.5, 0.6) is 11.5 Å². The Morgan fingerprint density at radius 1 is 1.28 bits per heavy atom. The number of nitrogens with zero attached hydrogens (tertiary/aromatic N) is 1. The van der Waals surface area contributed by atoms with Gasteiger partial charge in [-0.05, 0) is 35.2 Å². The Bertz CT molecular complexity index is 836. The highest BCUT2D eigenvalue weighted by Gasteiger charge is 2.24. The molecule has 0 fully saturated rings. The molecule has 2 aromatic rings. The molecule has 2 heterocycles. The van der Waals surface area contributed by atoms with Crippen LogP contribution in [0.1, 0.15) is 27.0 Å². The summed E-state index contributed by atoms with van der Waals surface area (Å²) in [5, 5.41) is 0.663. The van der Waals surface area contributed by atoms with Crippen LogP contribution in [0.3, 0.4) is 0 Å². The first kappa shape index (κ1) is 16.2. The van der Waals surface area contributed by atoms with Crippen molar-refractivity contribution in [3.8, 4) is 11.5 Å². The maximum absolute atomic E-state index is 12.0. The third-order valence-corrected chi connectivity index (χ3v) is 5.04. The summed E-state index contributed by atoms with van der Waals surface area (Å²) in [5.74, 6) is 1.12. The Morgan fingerprint density at radius 3 is 2.88 bits per heavy atom. The smallest absolute Gasteiger partial charge is 0.338 e. The van der Waals surface area contributed by atoms with Gasteiger partial charge in [-0.25, -0.2) is 4.79 Å². The molecule has 0 aliphatic carbocycles. The number of benzene rings is 2. The normalized spacial score (nSPS) is 15.8. The second kappa shape index (κ2) is 6.58. The zero-order valence-corrected chi connectivity index (χ0v) is 14.6. The lowest BCUT2D eigenvalue weighted by Crippen LogP contribution is -2.31. The fourth-order valence-electron chi connectivity index (χ4n) is 3.39. The number of carbonyl (C=O) groups excluding carboxylic acids is 1. The number of hydrogen-bond acceptors (Lipinski definition) is 5. The number of rotatable bonds is 3. The lowest BCUT2D eigenvalue weighted by atomic mass is 9.94. The highest BCUT2D eigenvalue weighted by molar-refractivity contribution is 6.31. The average molecular weight is 360 g/mol. The summed E-state index contributed by atoms with van der Waals surface area (Å²) in [5.41, 5.74) is 3.87. The topological polar surface area (TPSA) is 48.0 Å². The Balaban J connectivity index is 1.58. The van der Waals surface area contributed by atoms with E-state index in [-0.39, 0.29) is 12.8 Å². The van der Waals surface area contributed by atoms with Crippen molar-refractivity contribution in [1.82, 2.24) is 4.90 Å². The molecule has 0 unspecified atom stereocenters. The van der Waals surface area contributed by atoms with Crippen LogP contribution in [-0.4, -0.2) is 31.3 Å². The molecule has 0 N–H and O–H groups in total. The molecule has 0 saturated carbocycles. The number of carbonyl (C=O) groups is 1. The lowest BCUT2D eigenvalue weighted by molar-refractivity contribution is 0.0597. The molecule has 0 spiro atoms. The summed E-state index contributed by atoms with van der Waals surface area (Å²) in [7, 11) is 1.41. The van der Waals surface area contributed by atoms with Gasteiger partial charge in [0.05, 0.1) is 12.7 Å². The van der Waals surface area contributed by atoms with Crippen molar-refractivity contribution in [3.05, 3.63) is 57.6 Å². The summed E-state index contributed by atoms with van der Waals surface area (Å²) in [6, 6.07) is 9.55. The van der Waals surface area contributed by atoms with E-state index in [0.717, 1.165) is 29.8 Å². The van der Waals surface area contributed by atoms with Crippen molar-refractivity contribution in [2.24, 2.45) is 0 Å². The number of hydrogen-bond donors (Lipinski definition) is 0. The minimum Gasteiger partial charge on any atom is -0.465 e. The number of ether oxygens (including phenoxy) is 3. The van der Waals surface area contributed by atoms with E-state index in [1.165, 1.54) is 12.7 Å². The second-order valence-corrected chi connectivity index (χ2v) is 6.60. The van der Waals surface area contributed by atoms with Gasteiger partial charge in [-0.2, -0.15) is 0 Å². The van der Waals surface area contributed by atoms with E-state index >= 15 is 0 Å². The predicted octanol–water partition coefficient (Wildman–Crippen LogP) is 3.41. The van der Waals surface area contributed by atoms with Gasteiger partial charge >= 0.3 is 5.97 Å². The van der Waals surface area contributed by atoms with E-state index in [9.17, 15) is 4.79 Å². The fourth-order valence-corrected chi connectivity index (χ4v) is 3.61. The van der Waals surface area contributed by atoms with Gasteiger partial charge in [0, 0.05) is 30.7 Å². The minimum absolute atomic E-state index is 0.231. The van der Waals surface area contributed by atoms with Crippen molar-refractivity contribution in [2.45, 2.75) is 19.5 Å². The molecular weight excluding hydrogens is 342 g/mol. The molecule has 2 aliphatic heterocycles. The second-order valence-electron chi connectivity index (χ2n) is 6.19. The van der Waals surface area contributed by atoms with Crippen molar-refractivity contribution in [3.63, 3.8) is 0 Å². The molecule has 130 valence electrons. The van der Waals surface area contributed by atoms with Gasteiger partial charge < -0.3 is 14.2 Å². The summed E-state index contributed by atoms with van der Waals surface area (Å²) >= 11 is 6.40. The third kappa shape index (κ3) is 3.05. The van der Waals surface area contributed by atoms with Gasteiger partial charge in [0.15, 0.2) is 11.5 Å². The summed E-state index contributed by atoms with van der Waals surface area (Å²) in [4.78, 5) is 14.3.